The van der Waals surface area contributed by atoms with Crippen LogP contribution in [0.1, 0.15) is 99.8 Å². The first kappa shape index (κ1) is 59.4. The first-order chi connectivity index (χ1) is 36.9. The van der Waals surface area contributed by atoms with Gasteiger partial charge in [0.25, 0.3) is 8.32 Å². The molecule has 0 unspecified atom stereocenters. The van der Waals surface area contributed by atoms with Crippen LogP contribution in [-0.4, -0.2) is 108 Å². The number of aliphatic hydroxyl groups is 1. The van der Waals surface area contributed by atoms with Crippen LogP contribution in [0.2, 0.25) is 5.04 Å². The molecule has 11 nitrogen and oxygen atoms in total. The fourth-order valence-corrected chi connectivity index (χ4v) is 17.7. The van der Waals surface area contributed by atoms with Crippen LogP contribution in [0.3, 0.4) is 0 Å². The van der Waals surface area contributed by atoms with Crippen LogP contribution in [0, 0.1) is 11.8 Å². The van der Waals surface area contributed by atoms with E-state index in [2.05, 4.69) is 89.4 Å². The Bertz CT molecular complexity index is 2740. The lowest BCUT2D eigenvalue weighted by atomic mass is 9.83. The number of rotatable bonds is 26. The highest BCUT2D eigenvalue weighted by atomic mass is 35.5. The molecule has 0 spiro atoms. The molecule has 5 aromatic rings. The monoisotopic (exact) mass is 1100 g/mol. The van der Waals surface area contributed by atoms with Crippen molar-refractivity contribution in [3.05, 3.63) is 187 Å². The van der Waals surface area contributed by atoms with E-state index in [1.807, 2.05) is 12.1 Å². The van der Waals surface area contributed by atoms with Gasteiger partial charge in [0.05, 0.1) is 58.4 Å². The lowest BCUT2D eigenvalue weighted by Gasteiger charge is -2.43. The Balaban J connectivity index is 0.993. The van der Waals surface area contributed by atoms with Crippen LogP contribution in [0.4, 0.5) is 0 Å². The molecule has 2 saturated heterocycles. The van der Waals surface area contributed by atoms with Crippen molar-refractivity contribution >= 4 is 52.1 Å². The number of methoxy groups -OCH3 is 1. The number of carbonyl (C=O) groups excluding carboxylic acids is 2. The molecule has 0 aliphatic carbocycles. The van der Waals surface area contributed by atoms with Crippen LogP contribution < -0.4 is 10.4 Å². The summed E-state index contributed by atoms with van der Waals surface area (Å²) < 4.78 is 67.0. The van der Waals surface area contributed by atoms with Crippen molar-refractivity contribution in [3.8, 4) is 0 Å². The van der Waals surface area contributed by atoms with E-state index >= 15 is 0 Å². The van der Waals surface area contributed by atoms with Gasteiger partial charge in [-0.3, -0.25) is 0 Å². The third-order valence-electron chi connectivity index (χ3n) is 15.2. The second kappa shape index (κ2) is 27.6. The lowest BCUT2D eigenvalue weighted by molar-refractivity contribution is -0.0798. The van der Waals surface area contributed by atoms with Gasteiger partial charge in [-0.05, 0) is 107 Å². The molecule has 5 aromatic carbocycles. The van der Waals surface area contributed by atoms with Crippen LogP contribution in [0.5, 0.6) is 0 Å². The van der Waals surface area contributed by atoms with E-state index in [1.54, 1.807) is 91.0 Å². The number of carbonyl (C=O) groups is 2. The standard InChI is InChI=1S/C63H77ClO11SSi/c1-44-39-50(35-36-56(65)45(2)38-49(64)28-23-37-72-77(63(4,5)6,53-31-19-11-20-32-53)54-33-21-12-22-34-54)73-57(46(44)3)41-58-55(43-76(68,69)52-29-17-10-18-30-52)60(70-7)59(75-58)40-51(74-62(67)48-26-15-9-16-27-48)42-71-61(66)47-24-13-8-14-25-47/h8-22,24-27,29-34,44,49-51,55-60,65H,2-3,23,28,35-43H2,1,4-7H3/t44-,49-,50+,51+,55+,56+,57-,58+,59-,60-/m1/s1. The first-order valence-corrected chi connectivity index (χ1v) is 30.9. The van der Waals surface area contributed by atoms with Crippen LogP contribution in [0.15, 0.2) is 181 Å². The number of alkyl halides is 1. The molecule has 10 atom stereocenters. The van der Waals surface area contributed by atoms with E-state index in [-0.39, 0.29) is 52.5 Å². The summed E-state index contributed by atoms with van der Waals surface area (Å²) in [6.45, 7) is 17.9. The maximum atomic E-state index is 14.2. The predicted molar refractivity (Wildman–Crippen MR) is 306 cm³/mol. The molecule has 2 aliphatic heterocycles. The summed E-state index contributed by atoms with van der Waals surface area (Å²) in [5.74, 6) is -2.13. The van der Waals surface area contributed by atoms with Crippen molar-refractivity contribution in [1.82, 2.24) is 0 Å². The summed E-state index contributed by atoms with van der Waals surface area (Å²) in [5, 5.41) is 13.6. The second-order valence-corrected chi connectivity index (χ2v) is 28.6. The Kier molecular flexibility index (Phi) is 21.3. The van der Waals surface area contributed by atoms with Gasteiger partial charge in [-0.15, -0.1) is 11.6 Å². The van der Waals surface area contributed by atoms with Gasteiger partial charge in [0, 0.05) is 37.9 Å². The zero-order valence-corrected chi connectivity index (χ0v) is 47.8. The van der Waals surface area contributed by atoms with Crippen molar-refractivity contribution in [2.45, 2.75) is 137 Å². The van der Waals surface area contributed by atoms with Crippen molar-refractivity contribution in [2.75, 3.05) is 26.1 Å². The van der Waals surface area contributed by atoms with Gasteiger partial charge in [-0.2, -0.15) is 0 Å². The summed E-state index contributed by atoms with van der Waals surface area (Å²) >= 11 is 6.97. The Morgan fingerprint density at radius 3 is 1.90 bits per heavy atom. The fraction of sp³-hybridized carbons (Fsp3) is 0.429. The number of aliphatic hydroxyl groups excluding tert-OH is 1. The van der Waals surface area contributed by atoms with E-state index in [0.717, 1.165) is 12.0 Å². The minimum atomic E-state index is -3.86. The number of benzene rings is 5. The maximum absolute atomic E-state index is 14.2. The molecule has 1 N–H and O–H groups in total. The summed E-state index contributed by atoms with van der Waals surface area (Å²) in [7, 11) is -5.02. The maximum Gasteiger partial charge on any atom is 0.338 e. The summed E-state index contributed by atoms with van der Waals surface area (Å²) in [5.41, 5.74) is 2.18. The van der Waals surface area contributed by atoms with Gasteiger partial charge in [-0.25, -0.2) is 18.0 Å². The van der Waals surface area contributed by atoms with Crippen LogP contribution >= 0.6 is 11.6 Å². The van der Waals surface area contributed by atoms with Crippen molar-refractivity contribution in [3.63, 3.8) is 0 Å². The minimum Gasteiger partial charge on any atom is -0.458 e. The third-order valence-corrected chi connectivity index (χ3v) is 22.4. The minimum absolute atomic E-state index is 0.0315. The summed E-state index contributed by atoms with van der Waals surface area (Å²) in [6, 6.07) is 46.5. The van der Waals surface area contributed by atoms with Crippen molar-refractivity contribution < 1.29 is 51.2 Å². The molecule has 2 heterocycles. The second-order valence-electron chi connectivity index (χ2n) is 21.7. The van der Waals surface area contributed by atoms with Gasteiger partial charge in [0.15, 0.2) is 9.84 Å². The number of sulfone groups is 1. The van der Waals surface area contributed by atoms with E-state index < -0.39 is 72.6 Å². The molecular formula is C63H77ClO11SSi. The van der Waals surface area contributed by atoms with Crippen molar-refractivity contribution in [2.24, 2.45) is 11.8 Å². The van der Waals surface area contributed by atoms with E-state index in [9.17, 15) is 23.1 Å². The van der Waals surface area contributed by atoms with Crippen LogP contribution in [-0.2, 0) is 37.9 Å². The highest BCUT2D eigenvalue weighted by Crippen LogP contribution is 2.41. The fourth-order valence-electron chi connectivity index (χ4n) is 11.0. The number of esters is 2. The molecule has 14 heteroatoms. The zero-order valence-electron chi connectivity index (χ0n) is 45.2. The molecule has 0 amide bonds. The Morgan fingerprint density at radius 1 is 0.792 bits per heavy atom. The molecule has 77 heavy (non-hydrogen) atoms. The summed E-state index contributed by atoms with van der Waals surface area (Å²) in [4.78, 5) is 26.8. The highest BCUT2D eigenvalue weighted by Gasteiger charge is 2.51. The lowest BCUT2D eigenvalue weighted by Crippen LogP contribution is -2.66. The van der Waals surface area contributed by atoms with Gasteiger partial charge >= 0.3 is 11.9 Å². The topological polar surface area (TPSA) is 144 Å². The van der Waals surface area contributed by atoms with Gasteiger partial charge in [-0.1, -0.05) is 156 Å². The quantitative estimate of drug-likeness (QED) is 0.0186. The van der Waals surface area contributed by atoms with E-state index in [4.69, 9.17) is 39.7 Å². The van der Waals surface area contributed by atoms with Crippen LogP contribution in [0.25, 0.3) is 0 Å². The first-order valence-electron chi connectivity index (χ1n) is 26.9. The molecule has 0 radical (unpaired) electrons. The SMILES string of the molecule is C=C(C[C@H](Cl)CCCO[Si](c1ccccc1)(c1ccccc1)C(C)(C)C)[C@@H](O)CC[C@H]1C[C@@H](C)C(=C)[C@@H](C[C@@H]2O[C@H](C[C@@H](COC(=O)c3ccccc3)OC(=O)c3ccccc3)[C@H](OC)[C@H]2CS(=O)(=O)c2ccccc2)O1. The predicted octanol–water partition coefficient (Wildman–Crippen LogP) is 11.1. The third kappa shape index (κ3) is 15.5. The van der Waals surface area contributed by atoms with Crippen molar-refractivity contribution in [1.29, 1.82) is 0 Å². The zero-order chi connectivity index (χ0) is 55.2. The Hall–Kier alpha value is -5.22. The molecule has 7 rings (SSSR count). The number of halogens is 1. The van der Waals surface area contributed by atoms with Gasteiger partial charge in [0.1, 0.15) is 12.7 Å². The molecule has 0 saturated carbocycles. The highest BCUT2D eigenvalue weighted by molar-refractivity contribution is 7.91. The molecule has 0 bridgehead atoms. The largest absolute Gasteiger partial charge is 0.458 e. The number of hydrogen-bond acceptors (Lipinski definition) is 11. The normalized spacial score (nSPS) is 22.2. The smallest absolute Gasteiger partial charge is 0.338 e. The Labute approximate surface area is 463 Å². The number of hydrogen-bond donors (Lipinski definition) is 1. The molecular weight excluding hydrogens is 1030 g/mol. The molecule has 2 fully saturated rings. The molecule has 0 aromatic heterocycles. The average Bonchev–Trinajstić information content (AvgIpc) is 3.80. The summed E-state index contributed by atoms with van der Waals surface area (Å²) in [6.07, 6.45) is -0.924. The van der Waals surface area contributed by atoms with E-state index in [0.29, 0.717) is 55.4 Å². The van der Waals surface area contributed by atoms with Gasteiger partial charge < -0.3 is 33.2 Å². The van der Waals surface area contributed by atoms with Gasteiger partial charge in [0.2, 0.25) is 0 Å². The molecule has 2 aliphatic rings. The Morgan fingerprint density at radius 2 is 1.34 bits per heavy atom. The average molecular weight is 1110 g/mol. The molecule has 412 valence electrons. The number of ether oxygens (including phenoxy) is 5. The van der Waals surface area contributed by atoms with E-state index in [1.165, 1.54) is 17.5 Å².